The number of methoxy groups -OCH3 is 1. The lowest BCUT2D eigenvalue weighted by molar-refractivity contribution is -0.135. The Balaban J connectivity index is 1.38. The van der Waals surface area contributed by atoms with Crippen molar-refractivity contribution in [2.45, 2.75) is 50.2 Å². The maximum atomic E-state index is 13.0. The zero-order valence-corrected chi connectivity index (χ0v) is 16.0. The van der Waals surface area contributed by atoms with Gasteiger partial charge in [0.05, 0.1) is 13.5 Å². The van der Waals surface area contributed by atoms with E-state index in [1.54, 1.807) is 31.6 Å². The summed E-state index contributed by atoms with van der Waals surface area (Å²) in [6.07, 6.45) is 7.29. The Bertz CT molecular complexity index is 841. The fourth-order valence-corrected chi connectivity index (χ4v) is 4.52. The lowest BCUT2D eigenvalue weighted by Gasteiger charge is -2.39. The summed E-state index contributed by atoms with van der Waals surface area (Å²) in [6.45, 7) is 0. The summed E-state index contributed by atoms with van der Waals surface area (Å²) >= 11 is 0. The molecule has 2 fully saturated rings. The number of hydrogen-bond donors (Lipinski definition) is 1. The summed E-state index contributed by atoms with van der Waals surface area (Å²) in [5.74, 6) is 0.869. The molecule has 1 aromatic carbocycles. The van der Waals surface area contributed by atoms with E-state index >= 15 is 0 Å². The first-order valence-electron chi connectivity index (χ1n) is 9.79. The second-order valence-corrected chi connectivity index (χ2v) is 7.59. The molecule has 6 heteroatoms. The van der Waals surface area contributed by atoms with Crippen LogP contribution in [0.5, 0.6) is 5.75 Å². The van der Waals surface area contributed by atoms with Crippen LogP contribution in [0.3, 0.4) is 0 Å². The highest BCUT2D eigenvalue weighted by Crippen LogP contribution is 2.36. The molecule has 1 aromatic heterocycles. The third-order valence-electron chi connectivity index (χ3n) is 5.79. The van der Waals surface area contributed by atoms with Gasteiger partial charge in [0.2, 0.25) is 5.91 Å². The molecule has 1 unspecified atom stereocenters. The molecule has 2 aliphatic heterocycles. The highest BCUT2D eigenvalue weighted by molar-refractivity contribution is 5.94. The van der Waals surface area contributed by atoms with Crippen molar-refractivity contribution in [3.05, 3.63) is 59.9 Å². The number of nitrogens with one attached hydrogen (secondary N) is 1. The van der Waals surface area contributed by atoms with E-state index in [9.17, 15) is 9.59 Å². The van der Waals surface area contributed by atoms with Gasteiger partial charge in [-0.25, -0.2) is 0 Å². The highest BCUT2D eigenvalue weighted by atomic mass is 16.5. The van der Waals surface area contributed by atoms with E-state index in [0.717, 1.165) is 37.0 Å². The maximum absolute atomic E-state index is 13.0. The number of piperidine rings is 1. The van der Waals surface area contributed by atoms with Crippen LogP contribution in [-0.4, -0.2) is 46.9 Å². The Morgan fingerprint density at radius 1 is 1.14 bits per heavy atom. The Morgan fingerprint density at radius 2 is 1.86 bits per heavy atom. The third-order valence-corrected chi connectivity index (χ3v) is 5.79. The van der Waals surface area contributed by atoms with Crippen molar-refractivity contribution in [2.24, 2.45) is 0 Å². The standard InChI is InChI=1S/C22H25N3O3/c1-28-20-4-2-3-15(11-20)12-21(26)25-18-5-6-19(25)14-17(13-18)24-22(27)16-7-9-23-10-8-16/h2-4,7-11,17-19H,5-6,12-14H2,1H3,(H,24,27)/t17?,18-,19+. The normalized spacial score (nSPS) is 23.3. The van der Waals surface area contributed by atoms with Crippen LogP contribution >= 0.6 is 0 Å². The fourth-order valence-electron chi connectivity index (χ4n) is 4.52. The Morgan fingerprint density at radius 3 is 2.54 bits per heavy atom. The van der Waals surface area contributed by atoms with Gasteiger partial charge in [-0.1, -0.05) is 12.1 Å². The van der Waals surface area contributed by atoms with Crippen LogP contribution in [0, 0.1) is 0 Å². The van der Waals surface area contributed by atoms with Gasteiger partial charge >= 0.3 is 0 Å². The van der Waals surface area contributed by atoms with E-state index in [0.29, 0.717) is 12.0 Å². The van der Waals surface area contributed by atoms with Gasteiger partial charge in [-0.15, -0.1) is 0 Å². The molecule has 0 spiro atoms. The smallest absolute Gasteiger partial charge is 0.251 e. The first-order valence-corrected chi connectivity index (χ1v) is 9.79. The first kappa shape index (κ1) is 18.5. The first-order chi connectivity index (χ1) is 13.6. The Labute approximate surface area is 164 Å². The predicted molar refractivity (Wildman–Crippen MR) is 105 cm³/mol. The predicted octanol–water partition coefficient (Wildman–Crippen LogP) is 2.58. The second-order valence-electron chi connectivity index (χ2n) is 7.59. The van der Waals surface area contributed by atoms with E-state index in [1.165, 1.54) is 0 Å². The Kier molecular flexibility index (Phi) is 5.28. The van der Waals surface area contributed by atoms with E-state index in [2.05, 4.69) is 15.2 Å². The molecule has 0 radical (unpaired) electrons. The van der Waals surface area contributed by atoms with Gasteiger partial charge in [0.1, 0.15) is 5.75 Å². The van der Waals surface area contributed by atoms with Crippen LogP contribution in [0.2, 0.25) is 0 Å². The second kappa shape index (κ2) is 8.00. The summed E-state index contributed by atoms with van der Waals surface area (Å²) in [5.41, 5.74) is 1.59. The van der Waals surface area contributed by atoms with Crippen LogP contribution in [0.25, 0.3) is 0 Å². The van der Waals surface area contributed by atoms with Crippen molar-refractivity contribution in [1.29, 1.82) is 0 Å². The minimum absolute atomic E-state index is 0.0667. The van der Waals surface area contributed by atoms with Crippen molar-refractivity contribution in [2.75, 3.05) is 7.11 Å². The monoisotopic (exact) mass is 379 g/mol. The molecule has 2 bridgehead atoms. The molecule has 4 rings (SSSR count). The molecule has 2 aromatic rings. The largest absolute Gasteiger partial charge is 0.497 e. The molecular formula is C22H25N3O3. The zero-order chi connectivity index (χ0) is 19.5. The molecule has 2 aliphatic rings. The van der Waals surface area contributed by atoms with Crippen molar-refractivity contribution in [1.82, 2.24) is 15.2 Å². The van der Waals surface area contributed by atoms with Crippen LogP contribution in [0.1, 0.15) is 41.6 Å². The highest BCUT2D eigenvalue weighted by Gasteiger charge is 2.43. The Hall–Kier alpha value is -2.89. The van der Waals surface area contributed by atoms with Crippen molar-refractivity contribution >= 4 is 11.8 Å². The van der Waals surface area contributed by atoms with E-state index < -0.39 is 0 Å². The maximum Gasteiger partial charge on any atom is 0.251 e. The van der Waals surface area contributed by atoms with E-state index in [-0.39, 0.29) is 29.9 Å². The molecule has 2 saturated heterocycles. The molecule has 1 N–H and O–H groups in total. The molecule has 28 heavy (non-hydrogen) atoms. The number of amides is 2. The minimum atomic E-state index is -0.0667. The van der Waals surface area contributed by atoms with Gasteiger partial charge in [0.15, 0.2) is 0 Å². The van der Waals surface area contributed by atoms with Gasteiger partial charge < -0.3 is 15.0 Å². The van der Waals surface area contributed by atoms with Gasteiger partial charge in [0.25, 0.3) is 5.91 Å². The molecule has 0 aliphatic carbocycles. The van der Waals surface area contributed by atoms with Crippen molar-refractivity contribution in [3.63, 3.8) is 0 Å². The number of aromatic nitrogens is 1. The number of pyridine rings is 1. The number of carbonyl (C=O) groups is 2. The number of rotatable bonds is 5. The third kappa shape index (κ3) is 3.86. The molecule has 2 amide bonds. The summed E-state index contributed by atoms with van der Waals surface area (Å²) < 4.78 is 5.25. The molecule has 146 valence electrons. The van der Waals surface area contributed by atoms with E-state index in [4.69, 9.17) is 4.74 Å². The average molecular weight is 379 g/mol. The molecule has 6 nitrogen and oxygen atoms in total. The van der Waals surface area contributed by atoms with Crippen LogP contribution in [0.4, 0.5) is 0 Å². The van der Waals surface area contributed by atoms with E-state index in [1.807, 2.05) is 24.3 Å². The molecule has 0 saturated carbocycles. The SMILES string of the molecule is COc1cccc(CC(=O)N2[C@@H]3CC[C@H]2CC(NC(=O)c2ccncc2)C3)c1. The van der Waals surface area contributed by atoms with Crippen LogP contribution in [0.15, 0.2) is 48.8 Å². The van der Waals surface area contributed by atoms with Crippen LogP contribution in [-0.2, 0) is 11.2 Å². The molecular weight excluding hydrogens is 354 g/mol. The van der Waals surface area contributed by atoms with Crippen molar-refractivity contribution in [3.8, 4) is 5.75 Å². The average Bonchev–Trinajstić information content (AvgIpc) is 2.99. The summed E-state index contributed by atoms with van der Waals surface area (Å²) in [7, 11) is 1.63. The lowest BCUT2D eigenvalue weighted by atomic mass is 9.96. The fraction of sp³-hybridized carbons (Fsp3) is 0.409. The summed E-state index contributed by atoms with van der Waals surface area (Å²) in [5, 5.41) is 3.14. The number of carbonyl (C=O) groups excluding carboxylic acids is 2. The quantitative estimate of drug-likeness (QED) is 0.867. The molecule has 3 atom stereocenters. The topological polar surface area (TPSA) is 71.5 Å². The van der Waals surface area contributed by atoms with Crippen molar-refractivity contribution < 1.29 is 14.3 Å². The lowest BCUT2D eigenvalue weighted by Crippen LogP contribution is -2.52. The number of nitrogens with zero attached hydrogens (tertiary/aromatic N) is 2. The number of benzene rings is 1. The van der Waals surface area contributed by atoms with Gasteiger partial charge in [-0.3, -0.25) is 14.6 Å². The number of ether oxygens (including phenoxy) is 1. The van der Waals surface area contributed by atoms with Gasteiger partial charge in [-0.2, -0.15) is 0 Å². The summed E-state index contributed by atoms with van der Waals surface area (Å²) in [6, 6.07) is 11.6. The van der Waals surface area contributed by atoms with Gasteiger partial charge in [-0.05, 0) is 55.5 Å². The number of hydrogen-bond acceptors (Lipinski definition) is 4. The van der Waals surface area contributed by atoms with Crippen LogP contribution < -0.4 is 10.1 Å². The summed E-state index contributed by atoms with van der Waals surface area (Å²) in [4.78, 5) is 31.4. The zero-order valence-electron chi connectivity index (χ0n) is 16.0. The molecule has 3 heterocycles. The minimum Gasteiger partial charge on any atom is -0.497 e. The van der Waals surface area contributed by atoms with Gasteiger partial charge in [0, 0.05) is 36.1 Å². The number of fused-ring (bicyclic) bond motifs is 2.